The number of ether oxygens (including phenoxy) is 2. The largest absolute Gasteiger partial charge is 0.493 e. The highest BCUT2D eigenvalue weighted by molar-refractivity contribution is 5.55. The fourth-order valence-corrected chi connectivity index (χ4v) is 1.80. The van der Waals surface area contributed by atoms with E-state index < -0.39 is 4.92 Å². The van der Waals surface area contributed by atoms with E-state index in [1.807, 2.05) is 0 Å². The number of benzene rings is 2. The molecule has 0 atom stereocenters. The Kier molecular flexibility index (Phi) is 5.08. The molecule has 22 heavy (non-hydrogen) atoms. The van der Waals surface area contributed by atoms with E-state index in [-0.39, 0.29) is 12.4 Å². The summed E-state index contributed by atoms with van der Waals surface area (Å²) >= 11 is 0. The summed E-state index contributed by atoms with van der Waals surface area (Å²) < 4.78 is 23.7. The Labute approximate surface area is 126 Å². The molecule has 0 saturated carbocycles. The minimum atomic E-state index is -0.536. The second-order valence-electron chi connectivity index (χ2n) is 4.43. The van der Waals surface area contributed by atoms with Crippen LogP contribution >= 0.6 is 0 Å². The number of hydrogen-bond donors (Lipinski definition) is 0. The fraction of sp³-hybridized carbons (Fsp3) is 0.125. The SMILES string of the molecule is COc1cc(C=C[N+](=O)[O-])ccc1OCc1ccc(F)cc1. The number of methoxy groups -OCH3 is 1. The second kappa shape index (κ2) is 7.21. The van der Waals surface area contributed by atoms with Crippen LogP contribution in [0.15, 0.2) is 48.7 Å². The van der Waals surface area contributed by atoms with Crippen LogP contribution in [0.4, 0.5) is 4.39 Å². The molecule has 6 heteroatoms. The third kappa shape index (κ3) is 4.31. The van der Waals surface area contributed by atoms with Crippen LogP contribution in [0.3, 0.4) is 0 Å². The number of nitro groups is 1. The third-order valence-electron chi connectivity index (χ3n) is 2.88. The van der Waals surface area contributed by atoms with Gasteiger partial charge in [0.05, 0.1) is 12.0 Å². The molecule has 0 aliphatic carbocycles. The number of rotatable bonds is 6. The van der Waals surface area contributed by atoms with Crippen molar-refractivity contribution in [1.82, 2.24) is 0 Å². The van der Waals surface area contributed by atoms with E-state index >= 15 is 0 Å². The molecule has 0 fully saturated rings. The van der Waals surface area contributed by atoms with Crippen LogP contribution in [-0.4, -0.2) is 12.0 Å². The molecule has 2 rings (SSSR count). The zero-order chi connectivity index (χ0) is 15.9. The van der Waals surface area contributed by atoms with Crippen molar-refractivity contribution in [2.24, 2.45) is 0 Å². The van der Waals surface area contributed by atoms with Crippen LogP contribution in [-0.2, 0) is 6.61 Å². The Morgan fingerprint density at radius 2 is 1.91 bits per heavy atom. The summed E-state index contributed by atoms with van der Waals surface area (Å²) in [6.07, 6.45) is 2.22. The lowest BCUT2D eigenvalue weighted by Crippen LogP contribution is -1.98. The van der Waals surface area contributed by atoms with Gasteiger partial charge in [0.2, 0.25) is 6.20 Å². The van der Waals surface area contributed by atoms with Crippen LogP contribution in [0.1, 0.15) is 11.1 Å². The maximum Gasteiger partial charge on any atom is 0.235 e. The van der Waals surface area contributed by atoms with Crippen molar-refractivity contribution in [3.63, 3.8) is 0 Å². The highest BCUT2D eigenvalue weighted by Gasteiger charge is 2.06. The first kappa shape index (κ1) is 15.5. The van der Waals surface area contributed by atoms with E-state index in [0.717, 1.165) is 11.8 Å². The monoisotopic (exact) mass is 303 g/mol. The molecule has 0 heterocycles. The first-order chi connectivity index (χ1) is 10.6. The first-order valence-electron chi connectivity index (χ1n) is 6.45. The molecule has 114 valence electrons. The van der Waals surface area contributed by atoms with Gasteiger partial charge >= 0.3 is 0 Å². The predicted octanol–water partition coefficient (Wildman–Crippen LogP) is 3.66. The van der Waals surface area contributed by atoms with Crippen LogP contribution in [0, 0.1) is 15.9 Å². The van der Waals surface area contributed by atoms with Crippen molar-refractivity contribution in [3.05, 3.63) is 75.7 Å². The lowest BCUT2D eigenvalue weighted by atomic mass is 10.2. The molecule has 2 aromatic rings. The van der Waals surface area contributed by atoms with E-state index in [4.69, 9.17) is 9.47 Å². The minimum Gasteiger partial charge on any atom is -0.493 e. The Morgan fingerprint density at radius 1 is 1.18 bits per heavy atom. The Morgan fingerprint density at radius 3 is 2.55 bits per heavy atom. The van der Waals surface area contributed by atoms with Gasteiger partial charge in [-0.25, -0.2) is 4.39 Å². The zero-order valence-corrected chi connectivity index (χ0v) is 11.9. The molecule has 0 spiro atoms. The van der Waals surface area contributed by atoms with Crippen molar-refractivity contribution in [2.75, 3.05) is 7.11 Å². The van der Waals surface area contributed by atoms with Gasteiger partial charge in [-0.05, 0) is 35.4 Å². The van der Waals surface area contributed by atoms with Crippen molar-refractivity contribution in [3.8, 4) is 11.5 Å². The normalized spacial score (nSPS) is 10.6. The highest BCUT2D eigenvalue weighted by Crippen LogP contribution is 2.29. The molecule has 0 radical (unpaired) electrons. The molecular weight excluding hydrogens is 289 g/mol. The molecule has 5 nitrogen and oxygen atoms in total. The molecule has 0 bridgehead atoms. The van der Waals surface area contributed by atoms with Crippen molar-refractivity contribution in [1.29, 1.82) is 0 Å². The molecule has 0 amide bonds. The lowest BCUT2D eigenvalue weighted by molar-refractivity contribution is -0.400. The second-order valence-corrected chi connectivity index (χ2v) is 4.43. The molecular formula is C16H14FNO4. The summed E-state index contributed by atoms with van der Waals surface area (Å²) in [6.45, 7) is 0.265. The standard InChI is InChI=1S/C16H14FNO4/c1-21-16-10-12(8-9-18(19)20)4-7-15(16)22-11-13-2-5-14(17)6-3-13/h2-10H,11H2,1H3. The maximum atomic E-state index is 12.8. The summed E-state index contributed by atoms with van der Waals surface area (Å²) in [5, 5.41) is 10.3. The Balaban J connectivity index is 2.10. The molecule has 2 aromatic carbocycles. The summed E-state index contributed by atoms with van der Waals surface area (Å²) in [7, 11) is 1.49. The van der Waals surface area contributed by atoms with Crippen molar-refractivity contribution < 1.29 is 18.8 Å². The molecule has 0 aliphatic rings. The number of nitrogens with zero attached hydrogens (tertiary/aromatic N) is 1. The Bertz CT molecular complexity index is 683. The van der Waals surface area contributed by atoms with E-state index in [2.05, 4.69) is 0 Å². The van der Waals surface area contributed by atoms with E-state index in [1.165, 1.54) is 25.3 Å². The predicted molar refractivity (Wildman–Crippen MR) is 79.8 cm³/mol. The topological polar surface area (TPSA) is 61.6 Å². The van der Waals surface area contributed by atoms with Crippen LogP contribution in [0.25, 0.3) is 6.08 Å². The average Bonchev–Trinajstić information content (AvgIpc) is 2.52. The van der Waals surface area contributed by atoms with Gasteiger partial charge in [0.1, 0.15) is 12.4 Å². The van der Waals surface area contributed by atoms with Crippen molar-refractivity contribution >= 4 is 6.08 Å². The van der Waals surface area contributed by atoms with Crippen molar-refractivity contribution in [2.45, 2.75) is 6.61 Å². The summed E-state index contributed by atoms with van der Waals surface area (Å²) in [4.78, 5) is 9.78. The van der Waals surface area contributed by atoms with Gasteiger partial charge in [-0.1, -0.05) is 18.2 Å². The van der Waals surface area contributed by atoms with Gasteiger partial charge < -0.3 is 9.47 Å². The van der Waals surface area contributed by atoms with E-state index in [0.29, 0.717) is 17.1 Å². The van der Waals surface area contributed by atoms with Crippen LogP contribution < -0.4 is 9.47 Å². The molecule has 0 unspecified atom stereocenters. The van der Waals surface area contributed by atoms with Crippen LogP contribution in [0.2, 0.25) is 0 Å². The molecule has 0 aromatic heterocycles. The summed E-state index contributed by atoms with van der Waals surface area (Å²) in [6, 6.07) is 11.0. The third-order valence-corrected chi connectivity index (χ3v) is 2.88. The van der Waals surface area contributed by atoms with Gasteiger partial charge in [-0.2, -0.15) is 0 Å². The quantitative estimate of drug-likeness (QED) is 0.603. The molecule has 0 aliphatic heterocycles. The van der Waals surface area contributed by atoms with E-state index in [1.54, 1.807) is 30.3 Å². The summed E-state index contributed by atoms with van der Waals surface area (Å²) in [5.74, 6) is 0.668. The molecule has 0 N–H and O–H groups in total. The van der Waals surface area contributed by atoms with Gasteiger partial charge in [-0.15, -0.1) is 0 Å². The fourth-order valence-electron chi connectivity index (χ4n) is 1.80. The number of halogens is 1. The summed E-state index contributed by atoms with van der Waals surface area (Å²) in [5.41, 5.74) is 1.45. The number of hydrogen-bond acceptors (Lipinski definition) is 4. The highest BCUT2D eigenvalue weighted by atomic mass is 19.1. The first-order valence-corrected chi connectivity index (χ1v) is 6.45. The van der Waals surface area contributed by atoms with Gasteiger partial charge in [-0.3, -0.25) is 10.1 Å². The lowest BCUT2D eigenvalue weighted by Gasteiger charge is -2.11. The van der Waals surface area contributed by atoms with Gasteiger partial charge in [0.15, 0.2) is 11.5 Å². The van der Waals surface area contributed by atoms with Gasteiger partial charge in [0.25, 0.3) is 0 Å². The van der Waals surface area contributed by atoms with E-state index in [9.17, 15) is 14.5 Å². The Hall–Kier alpha value is -2.89. The minimum absolute atomic E-state index is 0.265. The zero-order valence-electron chi connectivity index (χ0n) is 11.9. The molecule has 0 saturated heterocycles. The average molecular weight is 303 g/mol. The van der Waals surface area contributed by atoms with Crippen LogP contribution in [0.5, 0.6) is 11.5 Å². The maximum absolute atomic E-state index is 12.8. The smallest absolute Gasteiger partial charge is 0.235 e. The van der Waals surface area contributed by atoms with Gasteiger partial charge in [0, 0.05) is 6.08 Å².